The van der Waals surface area contributed by atoms with Crippen LogP contribution < -0.4 is 10.4 Å². The number of ether oxygens (including phenoxy) is 1. The van der Waals surface area contributed by atoms with Crippen LogP contribution in [0.25, 0.3) is 0 Å². The van der Waals surface area contributed by atoms with Gasteiger partial charge in [0, 0.05) is 18.3 Å². The Balaban J connectivity index is 1.86. The fourth-order valence-corrected chi connectivity index (χ4v) is 12.4. The highest BCUT2D eigenvalue weighted by atomic mass is 28.4. The zero-order valence-corrected chi connectivity index (χ0v) is 25.4. The first-order chi connectivity index (χ1) is 16.8. The third-order valence-corrected chi connectivity index (χ3v) is 13.8. The van der Waals surface area contributed by atoms with Crippen molar-refractivity contribution in [3.05, 3.63) is 60.7 Å². The quantitative estimate of drug-likeness (QED) is 0.364. The first-order valence-electron chi connectivity index (χ1n) is 13.5. The molecule has 0 N–H and O–H groups in total. The topological polar surface area (TPSA) is 44.8 Å². The fraction of sp³-hybridized carbons (Fsp3) is 0.567. The summed E-state index contributed by atoms with van der Waals surface area (Å²) in [5, 5.41) is 2.45. The van der Waals surface area contributed by atoms with Crippen LogP contribution in [0, 0.1) is 17.3 Å². The lowest BCUT2D eigenvalue weighted by Crippen LogP contribution is -2.68. The summed E-state index contributed by atoms with van der Waals surface area (Å²) >= 11 is 0. The number of benzene rings is 2. The average molecular weight is 525 g/mol. The number of esters is 1. The average Bonchev–Trinajstić information content (AvgIpc) is 3.30. The molecule has 0 bridgehead atoms. The normalized spacial score (nSPS) is 25.6. The number of hydrogen-bond acceptors (Lipinski definition) is 4. The minimum Gasteiger partial charge on any atom is -0.462 e. The number of carbonyl (C=O) groups excluding carboxylic acids is 1. The van der Waals surface area contributed by atoms with Gasteiger partial charge in [-0.1, -0.05) is 102 Å². The highest BCUT2D eigenvalue weighted by Crippen LogP contribution is 2.51. The molecule has 1 saturated carbocycles. The molecule has 1 aliphatic heterocycles. The summed E-state index contributed by atoms with van der Waals surface area (Å²) in [6.45, 7) is 18.2. The first-order valence-corrected chi connectivity index (χ1v) is 18.2. The van der Waals surface area contributed by atoms with Gasteiger partial charge >= 0.3 is 5.97 Å². The molecule has 6 heteroatoms. The van der Waals surface area contributed by atoms with Crippen LogP contribution in [0.4, 0.5) is 0 Å². The lowest BCUT2D eigenvalue weighted by molar-refractivity contribution is -0.141. The second kappa shape index (κ2) is 10.2. The van der Waals surface area contributed by atoms with Gasteiger partial charge in [-0.25, -0.2) is 0 Å². The third kappa shape index (κ3) is 5.15. The molecule has 2 aliphatic rings. The lowest BCUT2D eigenvalue weighted by atomic mass is 9.75. The van der Waals surface area contributed by atoms with Crippen LogP contribution >= 0.6 is 0 Å². The molecule has 196 valence electrons. The SMILES string of the molecule is C[SiH](C)OC([C@@H]1[C@@H]2CC(=O)O[C@@H]2C[C@@H]1O[Si](c1ccccc1)(c1ccccc1)C(C)(C)C)C(C)(C)C. The molecule has 36 heavy (non-hydrogen) atoms. The minimum absolute atomic E-state index is 0.0110. The summed E-state index contributed by atoms with van der Waals surface area (Å²) in [4.78, 5) is 12.4. The third-order valence-electron chi connectivity index (χ3n) is 7.92. The van der Waals surface area contributed by atoms with E-state index < -0.39 is 17.4 Å². The smallest absolute Gasteiger partial charge is 0.306 e. The second-order valence-electron chi connectivity index (χ2n) is 13.0. The molecular weight excluding hydrogens is 480 g/mol. The molecule has 1 saturated heterocycles. The van der Waals surface area contributed by atoms with Crippen LogP contribution in [-0.2, 0) is 18.4 Å². The van der Waals surface area contributed by atoms with Crippen molar-refractivity contribution in [1.29, 1.82) is 0 Å². The molecule has 2 aromatic carbocycles. The Kier molecular flexibility index (Phi) is 7.74. The highest BCUT2D eigenvalue weighted by Gasteiger charge is 2.60. The van der Waals surface area contributed by atoms with Gasteiger partial charge in [0.05, 0.1) is 18.6 Å². The molecular formula is C30H44O4Si2. The van der Waals surface area contributed by atoms with Crippen molar-refractivity contribution in [3.8, 4) is 0 Å². The van der Waals surface area contributed by atoms with E-state index in [2.05, 4.69) is 115 Å². The van der Waals surface area contributed by atoms with Gasteiger partial charge in [0.15, 0.2) is 9.04 Å². The maximum atomic E-state index is 12.4. The van der Waals surface area contributed by atoms with E-state index in [1.54, 1.807) is 0 Å². The number of rotatable bonds is 7. The first kappa shape index (κ1) is 27.3. The zero-order valence-electron chi connectivity index (χ0n) is 23.3. The molecule has 5 atom stereocenters. The molecule has 1 unspecified atom stereocenters. The predicted molar refractivity (Wildman–Crippen MR) is 152 cm³/mol. The molecule has 2 aromatic rings. The Hall–Kier alpha value is -1.74. The van der Waals surface area contributed by atoms with Crippen molar-refractivity contribution in [2.75, 3.05) is 0 Å². The van der Waals surface area contributed by atoms with Gasteiger partial charge < -0.3 is 13.6 Å². The van der Waals surface area contributed by atoms with Crippen molar-refractivity contribution >= 4 is 33.7 Å². The van der Waals surface area contributed by atoms with E-state index in [9.17, 15) is 4.79 Å². The van der Waals surface area contributed by atoms with Gasteiger partial charge in [-0.15, -0.1) is 0 Å². The minimum atomic E-state index is -2.75. The Labute approximate surface area is 220 Å². The van der Waals surface area contributed by atoms with E-state index in [4.69, 9.17) is 13.6 Å². The lowest BCUT2D eigenvalue weighted by Gasteiger charge is -2.48. The van der Waals surface area contributed by atoms with Gasteiger partial charge in [-0.2, -0.15) is 0 Å². The molecule has 0 spiro atoms. The number of carbonyl (C=O) groups is 1. The summed E-state index contributed by atoms with van der Waals surface area (Å²) < 4.78 is 20.3. The van der Waals surface area contributed by atoms with E-state index in [0.29, 0.717) is 6.42 Å². The van der Waals surface area contributed by atoms with Crippen molar-refractivity contribution < 1.29 is 18.4 Å². The Morgan fingerprint density at radius 1 is 0.917 bits per heavy atom. The largest absolute Gasteiger partial charge is 0.462 e. The van der Waals surface area contributed by atoms with E-state index in [1.807, 2.05) is 0 Å². The summed E-state index contributed by atoms with van der Waals surface area (Å²) in [6.07, 6.45) is 1.08. The molecule has 1 aliphatic carbocycles. The van der Waals surface area contributed by atoms with E-state index >= 15 is 0 Å². The van der Waals surface area contributed by atoms with Crippen LogP contribution in [-0.4, -0.2) is 41.6 Å². The predicted octanol–water partition coefficient (Wildman–Crippen LogP) is 5.30. The molecule has 4 nitrogen and oxygen atoms in total. The van der Waals surface area contributed by atoms with E-state index in [0.717, 1.165) is 6.42 Å². The number of fused-ring (bicyclic) bond motifs is 1. The standard InChI is InChI=1S/C30H44O4Si2/c1-29(2,3)28(33-35(7)8)27-23-19-26(31)32-24(23)20-25(27)34-36(30(4,5)6,21-15-11-9-12-16-21)22-17-13-10-14-18-22/h9-18,23-25,27-28,35H,19-20H2,1-8H3/t23-,24-,25+,27-,28?/m1/s1. The van der Waals surface area contributed by atoms with Crippen LogP contribution in [0.3, 0.4) is 0 Å². The highest BCUT2D eigenvalue weighted by molar-refractivity contribution is 6.99. The Bertz CT molecular complexity index is 987. The van der Waals surface area contributed by atoms with Gasteiger partial charge in [0.1, 0.15) is 6.10 Å². The molecule has 2 fully saturated rings. The Morgan fingerprint density at radius 3 is 1.89 bits per heavy atom. The van der Waals surface area contributed by atoms with Crippen LogP contribution in [0.15, 0.2) is 60.7 Å². The molecule has 0 aromatic heterocycles. The molecule has 4 rings (SSSR count). The Morgan fingerprint density at radius 2 is 1.44 bits per heavy atom. The monoisotopic (exact) mass is 524 g/mol. The maximum Gasteiger partial charge on any atom is 0.306 e. The summed E-state index contributed by atoms with van der Waals surface area (Å²) in [6, 6.07) is 21.6. The fourth-order valence-electron chi connectivity index (χ4n) is 6.53. The van der Waals surface area contributed by atoms with Crippen LogP contribution in [0.2, 0.25) is 18.1 Å². The zero-order chi connectivity index (χ0) is 26.3. The summed E-state index contributed by atoms with van der Waals surface area (Å²) in [5.41, 5.74) is -0.0739. The summed E-state index contributed by atoms with van der Waals surface area (Å²) in [7, 11) is -4.09. The van der Waals surface area contributed by atoms with Gasteiger partial charge in [0.2, 0.25) is 0 Å². The van der Waals surface area contributed by atoms with E-state index in [-0.39, 0.29) is 46.6 Å². The van der Waals surface area contributed by atoms with Gasteiger partial charge in [0.25, 0.3) is 8.32 Å². The van der Waals surface area contributed by atoms with Gasteiger partial charge in [-0.05, 0) is 33.9 Å². The molecule has 0 amide bonds. The van der Waals surface area contributed by atoms with Crippen molar-refractivity contribution in [2.24, 2.45) is 17.3 Å². The van der Waals surface area contributed by atoms with Crippen LogP contribution in [0.5, 0.6) is 0 Å². The van der Waals surface area contributed by atoms with E-state index in [1.165, 1.54) is 10.4 Å². The summed E-state index contributed by atoms with van der Waals surface area (Å²) in [5.74, 6) is 0.170. The van der Waals surface area contributed by atoms with Crippen molar-refractivity contribution in [1.82, 2.24) is 0 Å². The van der Waals surface area contributed by atoms with Crippen molar-refractivity contribution in [2.45, 2.75) is 90.8 Å². The van der Waals surface area contributed by atoms with Crippen molar-refractivity contribution in [3.63, 3.8) is 0 Å². The number of hydrogen-bond donors (Lipinski definition) is 0. The van der Waals surface area contributed by atoms with Gasteiger partial charge in [-0.3, -0.25) is 4.79 Å². The molecule has 1 heterocycles. The molecule has 0 radical (unpaired) electrons. The second-order valence-corrected chi connectivity index (χ2v) is 19.6. The maximum absolute atomic E-state index is 12.4. The van der Waals surface area contributed by atoms with Crippen LogP contribution in [0.1, 0.15) is 54.4 Å².